The molecule has 63 heavy (non-hydrogen) atoms. The molecule has 0 bridgehead atoms. The number of rotatable bonds is 8. The fraction of sp³-hybridized carbons (Fsp3) is 0.125. The molecular weight excluding hydrogens is 863 g/mol. The molecule has 0 aliphatic heterocycles. The highest BCUT2D eigenvalue weighted by Crippen LogP contribution is 2.33. The summed E-state index contributed by atoms with van der Waals surface area (Å²) in [4.78, 5) is 0.919. The van der Waals surface area contributed by atoms with Crippen LogP contribution in [0.1, 0.15) is 27.8 Å². The molecule has 15 heteroatoms. The fourth-order valence-corrected chi connectivity index (χ4v) is 9.26. The van der Waals surface area contributed by atoms with Crippen molar-refractivity contribution in [3.63, 3.8) is 0 Å². The van der Waals surface area contributed by atoms with Gasteiger partial charge in [-0.1, -0.05) is 174 Å². The molecule has 0 radical (unpaired) electrons. The van der Waals surface area contributed by atoms with Crippen molar-refractivity contribution in [2.75, 3.05) is 6.26 Å². The van der Waals surface area contributed by atoms with Crippen LogP contribution in [0.25, 0.3) is 11.1 Å². The summed E-state index contributed by atoms with van der Waals surface area (Å²) in [6.07, 6.45) is -20.2. The zero-order valence-electron chi connectivity index (χ0n) is 33.0. The van der Waals surface area contributed by atoms with Crippen molar-refractivity contribution in [2.45, 2.75) is 35.4 Å². The number of halogens is 12. The molecule has 0 aliphatic rings. The average molecular weight is 899 g/mol. The molecule has 0 amide bonds. The van der Waals surface area contributed by atoms with Gasteiger partial charge in [0.2, 0.25) is 0 Å². The molecule has 0 saturated carbocycles. The van der Waals surface area contributed by atoms with E-state index in [0.29, 0.717) is 54.3 Å². The fourth-order valence-electron chi connectivity index (χ4n) is 7.53. The number of hydrogen-bond acceptors (Lipinski definition) is 1. The molecule has 7 rings (SSSR count). The molecule has 0 aromatic heterocycles. The Morgan fingerprint density at radius 1 is 0.365 bits per heavy atom. The van der Waals surface area contributed by atoms with Gasteiger partial charge in [0.05, 0.1) is 22.3 Å². The minimum absolute atomic E-state index is 0.0114. The molecule has 1 unspecified atom stereocenters. The zero-order valence-corrected chi connectivity index (χ0v) is 33.8. The van der Waals surface area contributed by atoms with Crippen LogP contribution in [0.5, 0.6) is 0 Å². The lowest BCUT2D eigenvalue weighted by atomic mass is 9.13. The van der Waals surface area contributed by atoms with Crippen molar-refractivity contribution >= 4 is 37.9 Å². The molecule has 7 aromatic rings. The standard InChI is InChI=1S/C28H16BF12.C20H19OS/c30-25(31,32)17-1-9-21(10-2-17)29(22-11-3-18(4-12-22)26(33,34)35,23-13-5-19(6-14-23)27(36,37)38)24-15-7-20(8-16-24)28(39,40)41;1-22(21,20-10-6-3-7-11-20)16-17-12-14-19(15-13-17)18-8-4-2-5-9-18/h1-16H;2-15H,16H2,1H3/q-1;+1. The van der Waals surface area contributed by atoms with Gasteiger partial charge >= 0.3 is 24.7 Å². The molecule has 0 saturated heterocycles. The Kier molecular flexibility index (Phi) is 13.2. The summed E-state index contributed by atoms with van der Waals surface area (Å²) in [5.41, 5.74) is -0.797. The maximum Gasteiger partial charge on any atom is 0.416 e. The Morgan fingerprint density at radius 2 is 0.635 bits per heavy atom. The van der Waals surface area contributed by atoms with Crippen LogP contribution in [0.2, 0.25) is 0 Å². The first kappa shape index (κ1) is 46.4. The van der Waals surface area contributed by atoms with Crippen molar-refractivity contribution in [3.8, 4) is 11.1 Å². The minimum Gasteiger partial charge on any atom is -0.195 e. The van der Waals surface area contributed by atoms with Crippen LogP contribution in [-0.2, 0) is 44.6 Å². The molecule has 0 heterocycles. The van der Waals surface area contributed by atoms with Gasteiger partial charge < -0.3 is 0 Å². The van der Waals surface area contributed by atoms with E-state index in [4.69, 9.17) is 0 Å². The SMILES string of the molecule is C[S+](=O)(Cc1ccc(-c2ccccc2)cc1)c1ccccc1.FC(F)(F)c1ccc([B-](c2ccc(C(F)(F)F)cc2)(c2ccc(C(F)(F)F)cc2)c2ccc(C(F)(F)F)cc2)cc1. The van der Waals surface area contributed by atoms with Gasteiger partial charge in [0, 0.05) is 5.56 Å². The molecule has 0 N–H and O–H groups in total. The third-order valence-electron chi connectivity index (χ3n) is 10.7. The van der Waals surface area contributed by atoms with Crippen LogP contribution >= 0.6 is 0 Å². The summed E-state index contributed by atoms with van der Waals surface area (Å²) in [5, 5.41) is 0. The summed E-state index contributed by atoms with van der Waals surface area (Å²) in [6, 6.07) is 41.9. The third-order valence-corrected chi connectivity index (χ3v) is 12.9. The first-order valence-corrected chi connectivity index (χ1v) is 21.2. The van der Waals surface area contributed by atoms with Crippen LogP contribution in [0, 0.1) is 0 Å². The van der Waals surface area contributed by atoms with E-state index < -0.39 is 63.0 Å². The highest BCUT2D eigenvalue weighted by Gasteiger charge is 2.38. The highest BCUT2D eigenvalue weighted by molar-refractivity contribution is 8.01. The Hall–Kier alpha value is -6.09. The minimum atomic E-state index is -4.77. The topological polar surface area (TPSA) is 17.1 Å². The van der Waals surface area contributed by atoms with E-state index in [0.717, 1.165) is 59.0 Å². The van der Waals surface area contributed by atoms with Crippen LogP contribution in [-0.4, -0.2) is 12.4 Å². The summed E-state index contributed by atoms with van der Waals surface area (Å²) in [6.45, 7) is 0. The predicted molar refractivity (Wildman–Crippen MR) is 224 cm³/mol. The molecule has 7 aromatic carbocycles. The zero-order chi connectivity index (χ0) is 45.8. The maximum atomic E-state index is 13.3. The van der Waals surface area contributed by atoms with E-state index in [-0.39, 0.29) is 21.9 Å². The maximum absolute atomic E-state index is 13.3. The van der Waals surface area contributed by atoms with Crippen molar-refractivity contribution in [1.29, 1.82) is 0 Å². The number of benzene rings is 7. The lowest BCUT2D eigenvalue weighted by Crippen LogP contribution is -2.74. The van der Waals surface area contributed by atoms with Crippen molar-refractivity contribution in [2.24, 2.45) is 0 Å². The summed E-state index contributed by atoms with van der Waals surface area (Å²) in [5.74, 6) is 0.575. The van der Waals surface area contributed by atoms with E-state index in [1.165, 1.54) is 11.1 Å². The first-order chi connectivity index (χ1) is 29.5. The lowest BCUT2D eigenvalue weighted by molar-refractivity contribution is -0.138. The second kappa shape index (κ2) is 18.0. The van der Waals surface area contributed by atoms with Crippen molar-refractivity contribution < 1.29 is 56.9 Å². The molecular formula is C48H35BF12OS. The lowest BCUT2D eigenvalue weighted by Gasteiger charge is -2.44. The summed E-state index contributed by atoms with van der Waals surface area (Å²) >= 11 is 0. The summed E-state index contributed by atoms with van der Waals surface area (Å²) in [7, 11) is -2.04. The van der Waals surface area contributed by atoms with E-state index >= 15 is 0 Å². The smallest absolute Gasteiger partial charge is 0.195 e. The molecule has 0 aliphatic carbocycles. The quantitative estimate of drug-likeness (QED) is 0.0844. The molecule has 1 nitrogen and oxygen atoms in total. The van der Waals surface area contributed by atoms with Gasteiger partial charge in [-0.25, -0.2) is 0 Å². The van der Waals surface area contributed by atoms with E-state index in [1.54, 1.807) is 0 Å². The molecule has 0 spiro atoms. The van der Waals surface area contributed by atoms with E-state index in [1.807, 2.05) is 54.8 Å². The highest BCUT2D eigenvalue weighted by atomic mass is 32.2. The van der Waals surface area contributed by atoms with Crippen molar-refractivity contribution in [3.05, 3.63) is 210 Å². The van der Waals surface area contributed by atoms with Gasteiger partial charge in [-0.15, -0.1) is 0 Å². The Morgan fingerprint density at radius 3 is 0.921 bits per heavy atom. The van der Waals surface area contributed by atoms with Gasteiger partial charge in [-0.05, 0) is 23.3 Å². The molecule has 0 fully saturated rings. The van der Waals surface area contributed by atoms with Crippen LogP contribution < -0.4 is 21.9 Å². The van der Waals surface area contributed by atoms with Crippen LogP contribution in [0.4, 0.5) is 52.7 Å². The predicted octanol–water partition coefficient (Wildman–Crippen LogP) is 12.2. The second-order valence-corrected chi connectivity index (χ2v) is 17.6. The van der Waals surface area contributed by atoms with Crippen LogP contribution in [0.3, 0.4) is 0 Å². The monoisotopic (exact) mass is 898 g/mol. The van der Waals surface area contributed by atoms with Gasteiger partial charge in [-0.3, -0.25) is 0 Å². The Balaban J connectivity index is 0.000000251. The van der Waals surface area contributed by atoms with E-state index in [2.05, 4.69) is 36.4 Å². The normalized spacial score (nSPS) is 13.4. The van der Waals surface area contributed by atoms with E-state index in [9.17, 15) is 56.9 Å². The largest absolute Gasteiger partial charge is 0.416 e. The van der Waals surface area contributed by atoms with Gasteiger partial charge in [0.25, 0.3) is 0 Å². The van der Waals surface area contributed by atoms with Crippen molar-refractivity contribution in [1.82, 2.24) is 0 Å². The number of hydrogen-bond donors (Lipinski definition) is 0. The number of alkyl halides is 12. The van der Waals surface area contributed by atoms with Crippen LogP contribution in [0.15, 0.2) is 187 Å². The average Bonchev–Trinajstić information content (AvgIpc) is 3.24. The molecule has 1 atom stereocenters. The summed E-state index contributed by atoms with van der Waals surface area (Å²) < 4.78 is 173. The Labute approximate surface area is 356 Å². The van der Waals surface area contributed by atoms with Gasteiger partial charge in [0.15, 0.2) is 4.90 Å². The van der Waals surface area contributed by atoms with Gasteiger partial charge in [-0.2, -0.15) is 74.5 Å². The molecule has 326 valence electrons. The van der Waals surface area contributed by atoms with Gasteiger partial charge in [0.1, 0.15) is 28.1 Å². The third kappa shape index (κ3) is 10.8. The first-order valence-electron chi connectivity index (χ1n) is 19.0. The Bertz CT molecular complexity index is 2390. The second-order valence-electron chi connectivity index (χ2n) is 14.9.